The van der Waals surface area contributed by atoms with Gasteiger partial charge in [0.2, 0.25) is 0 Å². The lowest BCUT2D eigenvalue weighted by Gasteiger charge is -2.13. The molecule has 0 aliphatic heterocycles. The van der Waals surface area contributed by atoms with Gasteiger partial charge in [0.15, 0.2) is 0 Å². The number of benzene rings is 2. The van der Waals surface area contributed by atoms with Crippen molar-refractivity contribution in [2.75, 3.05) is 10.6 Å². The van der Waals surface area contributed by atoms with Crippen LogP contribution in [0.25, 0.3) is 0 Å². The molecule has 0 atom stereocenters. The zero-order valence-electron chi connectivity index (χ0n) is 14.0. The van der Waals surface area contributed by atoms with E-state index in [0.29, 0.717) is 10.7 Å². The molecule has 9 heteroatoms. The highest BCUT2D eigenvalue weighted by Gasteiger charge is 2.30. The summed E-state index contributed by atoms with van der Waals surface area (Å²) in [6.45, 7) is 0. The molecule has 0 fully saturated rings. The standard InChI is InChI=1S/C19H12Cl2F3N3O/c20-12-6-7-16(15(21)10-12)27-18(28)14-5-2-8-25-17(14)26-13-4-1-3-11(9-13)19(22,23)24/h1-10H,(H,25,26)(H,27,28). The first-order valence-electron chi connectivity index (χ1n) is 7.90. The molecule has 3 aromatic rings. The summed E-state index contributed by atoms with van der Waals surface area (Å²) in [5, 5.41) is 6.04. The first-order valence-corrected chi connectivity index (χ1v) is 8.65. The van der Waals surface area contributed by atoms with E-state index in [2.05, 4.69) is 15.6 Å². The Hall–Kier alpha value is -2.77. The lowest BCUT2D eigenvalue weighted by atomic mass is 10.1. The monoisotopic (exact) mass is 425 g/mol. The van der Waals surface area contributed by atoms with Crippen molar-refractivity contribution < 1.29 is 18.0 Å². The van der Waals surface area contributed by atoms with Gasteiger partial charge in [0, 0.05) is 16.9 Å². The van der Waals surface area contributed by atoms with E-state index in [1.54, 1.807) is 12.1 Å². The van der Waals surface area contributed by atoms with Crippen LogP contribution in [0.15, 0.2) is 60.8 Å². The molecule has 1 heterocycles. The molecular formula is C19H12Cl2F3N3O. The Kier molecular flexibility index (Phi) is 5.76. The van der Waals surface area contributed by atoms with E-state index >= 15 is 0 Å². The van der Waals surface area contributed by atoms with E-state index in [1.165, 1.54) is 36.5 Å². The van der Waals surface area contributed by atoms with Crippen molar-refractivity contribution in [2.45, 2.75) is 6.18 Å². The van der Waals surface area contributed by atoms with E-state index in [0.717, 1.165) is 12.1 Å². The maximum Gasteiger partial charge on any atom is 0.416 e. The zero-order valence-corrected chi connectivity index (χ0v) is 15.5. The zero-order chi connectivity index (χ0) is 20.3. The number of nitrogens with one attached hydrogen (secondary N) is 2. The summed E-state index contributed by atoms with van der Waals surface area (Å²) >= 11 is 11.9. The largest absolute Gasteiger partial charge is 0.416 e. The van der Waals surface area contributed by atoms with Crippen LogP contribution < -0.4 is 10.6 Å². The predicted molar refractivity (Wildman–Crippen MR) is 103 cm³/mol. The predicted octanol–water partition coefficient (Wildman–Crippen LogP) is 6.40. The van der Waals surface area contributed by atoms with Gasteiger partial charge in [-0.2, -0.15) is 13.2 Å². The molecule has 3 rings (SSSR count). The number of rotatable bonds is 4. The number of amides is 1. The Morgan fingerprint density at radius 2 is 1.79 bits per heavy atom. The Morgan fingerprint density at radius 1 is 1.00 bits per heavy atom. The van der Waals surface area contributed by atoms with Crippen LogP contribution in [0.2, 0.25) is 10.0 Å². The molecule has 0 spiro atoms. The van der Waals surface area contributed by atoms with E-state index in [-0.39, 0.29) is 22.1 Å². The van der Waals surface area contributed by atoms with Gasteiger partial charge < -0.3 is 10.6 Å². The quantitative estimate of drug-likeness (QED) is 0.508. The fourth-order valence-electron chi connectivity index (χ4n) is 2.38. The molecular weight excluding hydrogens is 414 g/mol. The Balaban J connectivity index is 1.86. The third-order valence-corrected chi connectivity index (χ3v) is 4.23. The highest BCUT2D eigenvalue weighted by molar-refractivity contribution is 6.36. The minimum absolute atomic E-state index is 0.101. The van der Waals surface area contributed by atoms with Gasteiger partial charge in [-0.3, -0.25) is 4.79 Å². The molecule has 1 amide bonds. The normalized spacial score (nSPS) is 11.2. The highest BCUT2D eigenvalue weighted by atomic mass is 35.5. The molecule has 28 heavy (non-hydrogen) atoms. The van der Waals surface area contributed by atoms with Crippen LogP contribution >= 0.6 is 23.2 Å². The van der Waals surface area contributed by atoms with Gasteiger partial charge in [-0.25, -0.2) is 4.98 Å². The average molecular weight is 426 g/mol. The number of carbonyl (C=O) groups excluding carboxylic acids is 1. The van der Waals surface area contributed by atoms with Crippen molar-refractivity contribution in [3.63, 3.8) is 0 Å². The lowest BCUT2D eigenvalue weighted by molar-refractivity contribution is -0.137. The minimum Gasteiger partial charge on any atom is -0.340 e. The van der Waals surface area contributed by atoms with Gasteiger partial charge in [-0.15, -0.1) is 0 Å². The Labute approximate surface area is 168 Å². The highest BCUT2D eigenvalue weighted by Crippen LogP contribution is 2.32. The molecule has 0 radical (unpaired) electrons. The van der Waals surface area contributed by atoms with Crippen LogP contribution in [0.1, 0.15) is 15.9 Å². The van der Waals surface area contributed by atoms with Crippen LogP contribution in [-0.4, -0.2) is 10.9 Å². The van der Waals surface area contributed by atoms with Crippen LogP contribution in [-0.2, 0) is 6.18 Å². The number of anilines is 3. The number of nitrogens with zero attached hydrogens (tertiary/aromatic N) is 1. The molecule has 0 bridgehead atoms. The van der Waals surface area contributed by atoms with Crippen LogP contribution in [0.3, 0.4) is 0 Å². The molecule has 2 N–H and O–H groups in total. The summed E-state index contributed by atoms with van der Waals surface area (Å²) in [6.07, 6.45) is -3.06. The number of hydrogen-bond acceptors (Lipinski definition) is 3. The second-order valence-corrected chi connectivity index (χ2v) is 6.53. The molecule has 4 nitrogen and oxygen atoms in total. The van der Waals surface area contributed by atoms with Crippen molar-refractivity contribution in [2.24, 2.45) is 0 Å². The lowest BCUT2D eigenvalue weighted by Crippen LogP contribution is -2.15. The Bertz CT molecular complexity index is 1030. The van der Waals surface area contributed by atoms with Gasteiger partial charge >= 0.3 is 6.18 Å². The summed E-state index contributed by atoms with van der Waals surface area (Å²) in [6, 6.07) is 12.2. The van der Waals surface area contributed by atoms with Crippen molar-refractivity contribution in [3.05, 3.63) is 82.0 Å². The second-order valence-electron chi connectivity index (χ2n) is 5.68. The molecule has 0 saturated heterocycles. The molecule has 1 aromatic heterocycles. The molecule has 0 aliphatic carbocycles. The molecule has 0 aliphatic rings. The van der Waals surface area contributed by atoms with Crippen molar-refractivity contribution in [3.8, 4) is 0 Å². The molecule has 0 unspecified atom stereocenters. The fourth-order valence-corrected chi connectivity index (χ4v) is 2.83. The molecule has 2 aromatic carbocycles. The summed E-state index contributed by atoms with van der Waals surface area (Å²) in [5.74, 6) is -0.434. The SMILES string of the molecule is O=C(Nc1ccc(Cl)cc1Cl)c1cccnc1Nc1cccc(C(F)(F)F)c1. The number of hydrogen-bond donors (Lipinski definition) is 2. The molecule has 144 valence electrons. The first-order chi connectivity index (χ1) is 13.2. The maximum absolute atomic E-state index is 12.9. The van der Waals surface area contributed by atoms with Crippen molar-refractivity contribution in [1.82, 2.24) is 4.98 Å². The van der Waals surface area contributed by atoms with E-state index < -0.39 is 17.6 Å². The van der Waals surface area contributed by atoms with Crippen molar-refractivity contribution in [1.29, 1.82) is 0 Å². The number of carbonyl (C=O) groups is 1. The summed E-state index contributed by atoms with van der Waals surface area (Å²) in [5.41, 5.74) is -0.199. The number of halogens is 5. The van der Waals surface area contributed by atoms with Gasteiger partial charge in [0.05, 0.1) is 21.8 Å². The van der Waals surface area contributed by atoms with E-state index in [4.69, 9.17) is 23.2 Å². The number of aromatic nitrogens is 1. The van der Waals surface area contributed by atoms with Gasteiger partial charge in [0.1, 0.15) is 5.82 Å². The first kappa shape index (κ1) is 20.0. The molecule has 0 saturated carbocycles. The number of alkyl halides is 3. The second kappa shape index (κ2) is 8.08. The minimum atomic E-state index is -4.48. The van der Waals surface area contributed by atoms with E-state index in [1.807, 2.05) is 0 Å². The van der Waals surface area contributed by atoms with Gasteiger partial charge in [-0.1, -0.05) is 29.3 Å². The fraction of sp³-hybridized carbons (Fsp3) is 0.0526. The smallest absolute Gasteiger partial charge is 0.340 e. The third kappa shape index (κ3) is 4.74. The summed E-state index contributed by atoms with van der Waals surface area (Å²) < 4.78 is 38.7. The van der Waals surface area contributed by atoms with Crippen LogP contribution in [0, 0.1) is 0 Å². The van der Waals surface area contributed by atoms with Crippen LogP contribution in [0.4, 0.5) is 30.4 Å². The summed E-state index contributed by atoms with van der Waals surface area (Å²) in [4.78, 5) is 16.7. The summed E-state index contributed by atoms with van der Waals surface area (Å²) in [7, 11) is 0. The number of pyridine rings is 1. The average Bonchev–Trinajstić information content (AvgIpc) is 2.64. The topological polar surface area (TPSA) is 54.0 Å². The van der Waals surface area contributed by atoms with Crippen LogP contribution in [0.5, 0.6) is 0 Å². The van der Waals surface area contributed by atoms with E-state index in [9.17, 15) is 18.0 Å². The van der Waals surface area contributed by atoms with Crippen molar-refractivity contribution >= 4 is 46.3 Å². The maximum atomic E-state index is 12.9. The Morgan fingerprint density at radius 3 is 2.50 bits per heavy atom. The van der Waals surface area contributed by atoms with Gasteiger partial charge in [0.25, 0.3) is 5.91 Å². The third-order valence-electron chi connectivity index (χ3n) is 3.68. The van der Waals surface area contributed by atoms with Gasteiger partial charge in [-0.05, 0) is 48.5 Å².